The van der Waals surface area contributed by atoms with Gasteiger partial charge in [-0.25, -0.2) is 13.2 Å². The average molecular weight is 327 g/mol. The number of H-pyrrole nitrogens is 2. The van der Waals surface area contributed by atoms with Crippen molar-refractivity contribution in [2.75, 3.05) is 0 Å². The van der Waals surface area contributed by atoms with Gasteiger partial charge in [0, 0.05) is 0 Å². The van der Waals surface area contributed by atoms with Crippen molar-refractivity contribution in [1.29, 1.82) is 0 Å². The molecule has 4 N–H and O–H groups in total. The molecular weight excluding hydrogens is 310 g/mol. The quantitative estimate of drug-likeness (QED) is 0.618. The number of fused-ring (bicyclic) bond motifs is 1. The Morgan fingerprint density at radius 2 is 1.91 bits per heavy atom. The van der Waals surface area contributed by atoms with E-state index in [1.807, 2.05) is 0 Å². The van der Waals surface area contributed by atoms with E-state index in [4.69, 9.17) is 5.11 Å². The average Bonchev–Trinajstić information content (AvgIpc) is 2.75. The summed E-state index contributed by atoms with van der Waals surface area (Å²) in [7, 11) is -4.00. The molecule has 0 saturated heterocycles. The van der Waals surface area contributed by atoms with Crippen molar-refractivity contribution in [2.24, 2.45) is 5.92 Å². The molecular formula is C13H17N3O5S. The maximum atomic E-state index is 12.3. The van der Waals surface area contributed by atoms with Crippen molar-refractivity contribution in [3.63, 3.8) is 0 Å². The number of carbonyl (C=O) groups is 1. The van der Waals surface area contributed by atoms with Crippen molar-refractivity contribution in [2.45, 2.75) is 31.2 Å². The topological polar surface area (TPSA) is 132 Å². The van der Waals surface area contributed by atoms with Gasteiger partial charge in [-0.3, -0.25) is 4.79 Å². The van der Waals surface area contributed by atoms with Crippen molar-refractivity contribution in [3.05, 3.63) is 28.7 Å². The number of benzene rings is 1. The molecule has 0 fully saturated rings. The molecule has 1 heterocycles. The lowest BCUT2D eigenvalue weighted by Gasteiger charge is -2.16. The van der Waals surface area contributed by atoms with Crippen LogP contribution in [0.5, 0.6) is 0 Å². The van der Waals surface area contributed by atoms with Crippen LogP contribution in [0.2, 0.25) is 0 Å². The summed E-state index contributed by atoms with van der Waals surface area (Å²) in [5.74, 6) is -1.21. The molecule has 0 amide bonds. The van der Waals surface area contributed by atoms with Gasteiger partial charge < -0.3 is 15.1 Å². The van der Waals surface area contributed by atoms with Crippen LogP contribution in [0.1, 0.15) is 20.3 Å². The number of nitrogens with one attached hydrogen (secondary N) is 3. The van der Waals surface area contributed by atoms with Crippen LogP contribution in [0, 0.1) is 5.92 Å². The molecule has 8 nitrogen and oxygen atoms in total. The summed E-state index contributed by atoms with van der Waals surface area (Å²) in [5.41, 5.74) is 0.366. The number of rotatable bonds is 6. The molecule has 2 rings (SSSR count). The Kier molecular flexibility index (Phi) is 4.38. The smallest absolute Gasteiger partial charge is 0.323 e. The lowest BCUT2D eigenvalue weighted by Crippen LogP contribution is -2.41. The first-order valence-electron chi connectivity index (χ1n) is 6.66. The van der Waals surface area contributed by atoms with E-state index < -0.39 is 27.7 Å². The number of hydrogen-bond donors (Lipinski definition) is 4. The van der Waals surface area contributed by atoms with Crippen LogP contribution in [0.3, 0.4) is 0 Å². The molecule has 22 heavy (non-hydrogen) atoms. The van der Waals surface area contributed by atoms with Crippen molar-refractivity contribution in [3.8, 4) is 0 Å². The van der Waals surface area contributed by atoms with Crippen molar-refractivity contribution >= 4 is 27.0 Å². The van der Waals surface area contributed by atoms with Gasteiger partial charge >= 0.3 is 11.7 Å². The molecule has 1 atom stereocenters. The zero-order chi connectivity index (χ0) is 16.5. The van der Waals surface area contributed by atoms with Crippen LogP contribution in [0.25, 0.3) is 11.0 Å². The Balaban J connectivity index is 2.34. The summed E-state index contributed by atoms with van der Waals surface area (Å²) in [6, 6.07) is 2.83. The second-order valence-electron chi connectivity index (χ2n) is 5.43. The predicted octanol–water partition coefficient (Wildman–Crippen LogP) is 0.634. The Labute approximate surface area is 126 Å². The van der Waals surface area contributed by atoms with Gasteiger partial charge in [-0.05, 0) is 30.5 Å². The largest absolute Gasteiger partial charge is 0.480 e. The molecule has 120 valence electrons. The van der Waals surface area contributed by atoms with E-state index in [1.54, 1.807) is 13.8 Å². The molecule has 2 aromatic rings. The SMILES string of the molecule is CC(C)C[C@H](NS(=O)(=O)c1ccc2[nH]c(=O)[nH]c2c1)C(=O)O. The minimum atomic E-state index is -4.00. The molecule has 0 aliphatic carbocycles. The summed E-state index contributed by atoms with van der Waals surface area (Å²) in [5, 5.41) is 9.13. The zero-order valence-corrected chi connectivity index (χ0v) is 12.9. The van der Waals surface area contributed by atoms with Crippen LogP contribution >= 0.6 is 0 Å². The first-order chi connectivity index (χ1) is 10.2. The molecule has 0 unspecified atom stereocenters. The van der Waals surface area contributed by atoms with E-state index >= 15 is 0 Å². The number of imidazole rings is 1. The number of carboxylic acid groups (broad SMARTS) is 1. The Bertz CT molecular complexity index is 850. The van der Waals surface area contributed by atoms with Gasteiger partial charge in [0.25, 0.3) is 0 Å². The normalized spacial score (nSPS) is 13.6. The van der Waals surface area contributed by atoms with Crippen molar-refractivity contribution < 1.29 is 18.3 Å². The molecule has 1 aromatic heterocycles. The molecule has 0 spiro atoms. The molecule has 0 aliphatic rings. The van der Waals surface area contributed by atoms with Crippen molar-refractivity contribution in [1.82, 2.24) is 14.7 Å². The van der Waals surface area contributed by atoms with Gasteiger partial charge in [-0.1, -0.05) is 13.8 Å². The monoisotopic (exact) mass is 327 g/mol. The summed E-state index contributed by atoms with van der Waals surface area (Å²) in [6.45, 7) is 3.61. The third-order valence-corrected chi connectivity index (χ3v) is 4.57. The lowest BCUT2D eigenvalue weighted by atomic mass is 10.1. The van der Waals surface area contributed by atoms with Gasteiger partial charge in [0.2, 0.25) is 10.0 Å². The third kappa shape index (κ3) is 3.55. The second-order valence-corrected chi connectivity index (χ2v) is 7.14. The number of aliphatic carboxylic acids is 1. The van der Waals surface area contributed by atoms with Crippen LogP contribution in [-0.4, -0.2) is 35.5 Å². The molecule has 0 bridgehead atoms. The number of aromatic nitrogens is 2. The Hall–Kier alpha value is -2.13. The fourth-order valence-corrected chi connectivity index (χ4v) is 3.33. The molecule has 0 aliphatic heterocycles. The highest BCUT2D eigenvalue weighted by Crippen LogP contribution is 2.16. The summed E-state index contributed by atoms with van der Waals surface area (Å²) >= 11 is 0. The van der Waals surface area contributed by atoms with E-state index in [2.05, 4.69) is 14.7 Å². The first-order valence-corrected chi connectivity index (χ1v) is 8.14. The fourth-order valence-electron chi connectivity index (χ4n) is 2.10. The molecule has 1 aromatic carbocycles. The first kappa shape index (κ1) is 16.2. The van der Waals surface area contributed by atoms with Gasteiger partial charge in [0.1, 0.15) is 6.04 Å². The van der Waals surface area contributed by atoms with E-state index in [0.29, 0.717) is 11.0 Å². The highest BCUT2D eigenvalue weighted by Gasteiger charge is 2.26. The molecule has 0 radical (unpaired) electrons. The summed E-state index contributed by atoms with van der Waals surface area (Å²) in [6.07, 6.45) is 0.178. The second kappa shape index (κ2) is 5.93. The van der Waals surface area contributed by atoms with Crippen LogP contribution in [0.15, 0.2) is 27.9 Å². The zero-order valence-electron chi connectivity index (χ0n) is 12.1. The Morgan fingerprint density at radius 1 is 1.27 bits per heavy atom. The van der Waals surface area contributed by atoms with E-state index in [0.717, 1.165) is 0 Å². The molecule has 9 heteroatoms. The fraction of sp³-hybridized carbons (Fsp3) is 0.385. The van der Waals surface area contributed by atoms with Gasteiger partial charge in [-0.15, -0.1) is 0 Å². The highest BCUT2D eigenvalue weighted by molar-refractivity contribution is 7.89. The minimum Gasteiger partial charge on any atom is -0.480 e. The lowest BCUT2D eigenvalue weighted by molar-refractivity contribution is -0.139. The van der Waals surface area contributed by atoms with E-state index in [9.17, 15) is 18.0 Å². The number of aromatic amines is 2. The maximum Gasteiger partial charge on any atom is 0.323 e. The van der Waals surface area contributed by atoms with E-state index in [1.165, 1.54) is 18.2 Å². The number of hydrogen-bond acceptors (Lipinski definition) is 4. The van der Waals surface area contributed by atoms with Crippen LogP contribution in [-0.2, 0) is 14.8 Å². The van der Waals surface area contributed by atoms with Gasteiger partial charge in [0.05, 0.1) is 15.9 Å². The predicted molar refractivity (Wildman–Crippen MR) is 80.1 cm³/mol. The minimum absolute atomic E-state index is 0.0207. The Morgan fingerprint density at radius 3 is 2.50 bits per heavy atom. The maximum absolute atomic E-state index is 12.3. The molecule has 0 saturated carbocycles. The van der Waals surface area contributed by atoms with E-state index in [-0.39, 0.29) is 17.2 Å². The van der Waals surface area contributed by atoms with Gasteiger partial charge in [0.15, 0.2) is 0 Å². The number of sulfonamides is 1. The number of carboxylic acids is 1. The summed E-state index contributed by atoms with van der Waals surface area (Å²) in [4.78, 5) is 27.2. The van der Waals surface area contributed by atoms with Crippen LogP contribution in [0.4, 0.5) is 0 Å². The third-order valence-electron chi connectivity index (χ3n) is 3.10. The standard InChI is InChI=1S/C13H17N3O5S/c1-7(2)5-11(12(17)18)16-22(20,21)8-3-4-9-10(6-8)15-13(19)14-9/h3-4,6-7,11,16H,5H2,1-2H3,(H,17,18)(H2,14,15,19)/t11-/m0/s1. The van der Waals surface area contributed by atoms with Crippen LogP contribution < -0.4 is 10.4 Å². The van der Waals surface area contributed by atoms with Gasteiger partial charge in [-0.2, -0.15) is 4.72 Å². The highest BCUT2D eigenvalue weighted by atomic mass is 32.2. The summed E-state index contributed by atoms with van der Waals surface area (Å²) < 4.78 is 26.8.